The summed E-state index contributed by atoms with van der Waals surface area (Å²) in [5, 5.41) is 12.8. The van der Waals surface area contributed by atoms with Crippen LogP contribution in [0.2, 0.25) is 0 Å². The number of methoxy groups -OCH3 is 1. The van der Waals surface area contributed by atoms with Gasteiger partial charge in [-0.25, -0.2) is 9.97 Å². The molecule has 1 fully saturated rings. The molecule has 1 aliphatic rings. The number of aliphatic hydroxyl groups excluding tert-OH is 1. The summed E-state index contributed by atoms with van der Waals surface area (Å²) >= 11 is 0. The van der Waals surface area contributed by atoms with Crippen LogP contribution in [-0.2, 0) is 11.3 Å². The van der Waals surface area contributed by atoms with E-state index in [9.17, 15) is 5.11 Å². The van der Waals surface area contributed by atoms with Gasteiger partial charge in [-0.1, -0.05) is 6.92 Å². The number of nitrogens with zero attached hydrogens (tertiary/aromatic N) is 3. The summed E-state index contributed by atoms with van der Waals surface area (Å²) in [6.07, 6.45) is 1.07. The molecule has 0 saturated carbocycles. The Morgan fingerprint density at radius 3 is 2.95 bits per heavy atom. The van der Waals surface area contributed by atoms with E-state index in [0.717, 1.165) is 31.1 Å². The summed E-state index contributed by atoms with van der Waals surface area (Å²) in [4.78, 5) is 11.1. The molecular formula is C14H24N4O2. The monoisotopic (exact) mass is 280 g/mol. The van der Waals surface area contributed by atoms with Gasteiger partial charge in [-0.15, -0.1) is 0 Å². The minimum Gasteiger partial charge on any atom is -0.394 e. The number of aromatic nitrogens is 2. The smallest absolute Gasteiger partial charge is 0.158 e. The minimum absolute atomic E-state index is 0.134. The normalized spacial score (nSPS) is 22.3. The van der Waals surface area contributed by atoms with Gasteiger partial charge in [-0.05, 0) is 19.3 Å². The lowest BCUT2D eigenvalue weighted by Crippen LogP contribution is -2.36. The first-order chi connectivity index (χ1) is 9.69. The van der Waals surface area contributed by atoms with Gasteiger partial charge < -0.3 is 20.1 Å². The molecule has 0 aromatic carbocycles. The number of aliphatic hydroxyl groups is 1. The van der Waals surface area contributed by atoms with Crippen LogP contribution < -0.4 is 10.2 Å². The van der Waals surface area contributed by atoms with Gasteiger partial charge in [-0.2, -0.15) is 0 Å². The number of nitrogens with one attached hydrogen (secondary N) is 1. The van der Waals surface area contributed by atoms with Crippen LogP contribution in [0.4, 0.5) is 11.6 Å². The van der Waals surface area contributed by atoms with Gasteiger partial charge in [0.25, 0.3) is 0 Å². The first-order valence-electron chi connectivity index (χ1n) is 7.17. The molecule has 2 unspecified atom stereocenters. The van der Waals surface area contributed by atoms with Crippen molar-refractivity contribution >= 4 is 11.6 Å². The van der Waals surface area contributed by atoms with E-state index >= 15 is 0 Å². The van der Waals surface area contributed by atoms with Gasteiger partial charge in [0.2, 0.25) is 0 Å². The van der Waals surface area contributed by atoms with Crippen LogP contribution in [0.5, 0.6) is 0 Å². The van der Waals surface area contributed by atoms with E-state index in [0.29, 0.717) is 18.3 Å². The van der Waals surface area contributed by atoms with Gasteiger partial charge in [0.15, 0.2) is 5.82 Å². The van der Waals surface area contributed by atoms with Crippen LogP contribution in [0.3, 0.4) is 0 Å². The van der Waals surface area contributed by atoms with E-state index < -0.39 is 0 Å². The van der Waals surface area contributed by atoms with Crippen molar-refractivity contribution in [2.75, 3.05) is 37.0 Å². The molecule has 6 nitrogen and oxygen atoms in total. The molecule has 20 heavy (non-hydrogen) atoms. The summed E-state index contributed by atoms with van der Waals surface area (Å²) in [7, 11) is 1.64. The van der Waals surface area contributed by atoms with Crippen molar-refractivity contribution in [2.24, 2.45) is 5.92 Å². The Morgan fingerprint density at radius 2 is 2.30 bits per heavy atom. The molecule has 0 amide bonds. The third-order valence-corrected chi connectivity index (χ3v) is 3.75. The Hall–Kier alpha value is -1.40. The maximum Gasteiger partial charge on any atom is 0.158 e. The molecule has 0 radical (unpaired) electrons. The Morgan fingerprint density at radius 1 is 1.50 bits per heavy atom. The molecule has 6 heteroatoms. The van der Waals surface area contributed by atoms with E-state index in [2.05, 4.69) is 27.1 Å². The van der Waals surface area contributed by atoms with Crippen LogP contribution in [0.15, 0.2) is 6.07 Å². The van der Waals surface area contributed by atoms with E-state index in [1.165, 1.54) is 0 Å². The predicted molar refractivity (Wildman–Crippen MR) is 78.9 cm³/mol. The number of hydrogen-bond donors (Lipinski definition) is 2. The van der Waals surface area contributed by atoms with E-state index in [4.69, 9.17) is 4.74 Å². The highest BCUT2D eigenvalue weighted by Gasteiger charge is 2.31. The molecule has 0 bridgehead atoms. The second-order valence-electron chi connectivity index (χ2n) is 5.20. The average Bonchev–Trinajstić information content (AvgIpc) is 2.80. The molecule has 1 aromatic rings. The van der Waals surface area contributed by atoms with E-state index in [1.54, 1.807) is 7.11 Å². The first kappa shape index (κ1) is 15.0. The highest BCUT2D eigenvalue weighted by molar-refractivity contribution is 5.51. The molecule has 0 aliphatic carbocycles. The lowest BCUT2D eigenvalue weighted by molar-refractivity contribution is 0.178. The molecule has 1 aromatic heterocycles. The predicted octanol–water partition coefficient (Wildman–Crippen LogP) is 1.26. The Labute approximate surface area is 120 Å². The number of anilines is 2. The fourth-order valence-electron chi connectivity index (χ4n) is 2.67. The zero-order chi connectivity index (χ0) is 14.5. The van der Waals surface area contributed by atoms with Crippen molar-refractivity contribution in [1.82, 2.24) is 9.97 Å². The largest absolute Gasteiger partial charge is 0.394 e. The fourth-order valence-corrected chi connectivity index (χ4v) is 2.67. The second-order valence-corrected chi connectivity index (χ2v) is 5.20. The topological polar surface area (TPSA) is 70.5 Å². The number of rotatable bonds is 6. The van der Waals surface area contributed by atoms with Crippen LogP contribution in [0, 0.1) is 5.92 Å². The lowest BCUT2D eigenvalue weighted by Gasteiger charge is -2.26. The zero-order valence-electron chi connectivity index (χ0n) is 12.5. The van der Waals surface area contributed by atoms with Crippen LogP contribution in [0.25, 0.3) is 0 Å². The Kier molecular flexibility index (Phi) is 5.14. The molecule has 1 saturated heterocycles. The molecular weight excluding hydrogens is 256 g/mol. The fraction of sp³-hybridized carbons (Fsp3) is 0.714. The zero-order valence-corrected chi connectivity index (χ0v) is 12.5. The third-order valence-electron chi connectivity index (χ3n) is 3.75. The van der Waals surface area contributed by atoms with Crippen molar-refractivity contribution in [2.45, 2.75) is 32.9 Å². The molecule has 1 aliphatic heterocycles. The van der Waals surface area contributed by atoms with E-state index in [-0.39, 0.29) is 12.6 Å². The summed E-state index contributed by atoms with van der Waals surface area (Å²) < 4.78 is 5.13. The number of hydrogen-bond acceptors (Lipinski definition) is 6. The Bertz CT molecular complexity index is 417. The van der Waals surface area contributed by atoms with Crippen LogP contribution in [-0.4, -0.2) is 47.9 Å². The summed E-state index contributed by atoms with van der Waals surface area (Å²) in [5.41, 5.74) is 0. The van der Waals surface area contributed by atoms with Crippen LogP contribution >= 0.6 is 0 Å². The maximum atomic E-state index is 9.59. The average molecular weight is 280 g/mol. The molecule has 2 N–H and O–H groups in total. The molecule has 0 spiro atoms. The molecule has 2 rings (SSSR count). The number of ether oxygens (including phenoxy) is 1. The quantitative estimate of drug-likeness (QED) is 0.817. The Balaban J connectivity index is 2.29. The SMILES string of the molecule is CCNc1cc(N2CCC(C)C2CO)nc(COC)n1. The van der Waals surface area contributed by atoms with Gasteiger partial charge in [0.05, 0.1) is 12.6 Å². The lowest BCUT2D eigenvalue weighted by atomic mass is 10.0. The highest BCUT2D eigenvalue weighted by atomic mass is 16.5. The standard InChI is InChI=1S/C14H24N4O2/c1-4-15-12-7-14(17-13(16-12)9-20-3)18-6-5-10(2)11(18)8-19/h7,10-11,19H,4-6,8-9H2,1-3H3,(H,15,16,17). The van der Waals surface area contributed by atoms with Gasteiger partial charge >= 0.3 is 0 Å². The summed E-state index contributed by atoms with van der Waals surface area (Å²) in [6, 6.07) is 2.08. The van der Waals surface area contributed by atoms with Gasteiger partial charge in [0, 0.05) is 26.3 Å². The van der Waals surface area contributed by atoms with Crippen LogP contribution in [0.1, 0.15) is 26.1 Å². The van der Waals surface area contributed by atoms with Crippen molar-refractivity contribution in [1.29, 1.82) is 0 Å². The van der Waals surface area contributed by atoms with Crippen molar-refractivity contribution in [3.8, 4) is 0 Å². The molecule has 2 heterocycles. The second kappa shape index (κ2) is 6.85. The van der Waals surface area contributed by atoms with Crippen molar-refractivity contribution in [3.05, 3.63) is 11.9 Å². The molecule has 112 valence electrons. The van der Waals surface area contributed by atoms with Crippen molar-refractivity contribution < 1.29 is 9.84 Å². The third kappa shape index (κ3) is 3.19. The summed E-state index contributed by atoms with van der Waals surface area (Å²) in [5.74, 6) is 2.81. The molecule has 2 atom stereocenters. The van der Waals surface area contributed by atoms with Gasteiger partial charge in [0.1, 0.15) is 18.2 Å². The van der Waals surface area contributed by atoms with Crippen molar-refractivity contribution in [3.63, 3.8) is 0 Å². The first-order valence-corrected chi connectivity index (χ1v) is 7.17. The van der Waals surface area contributed by atoms with Gasteiger partial charge in [-0.3, -0.25) is 0 Å². The highest BCUT2D eigenvalue weighted by Crippen LogP contribution is 2.29. The minimum atomic E-state index is 0.134. The van der Waals surface area contributed by atoms with E-state index in [1.807, 2.05) is 13.0 Å². The summed E-state index contributed by atoms with van der Waals surface area (Å²) in [6.45, 7) is 6.47. The maximum absolute atomic E-state index is 9.59.